The number of pyridine rings is 1. The van der Waals surface area contributed by atoms with E-state index in [2.05, 4.69) is 4.98 Å². The molecule has 54 valence electrons. The summed E-state index contributed by atoms with van der Waals surface area (Å²) in [6.07, 6.45) is 0. The van der Waals surface area contributed by atoms with Gasteiger partial charge in [-0.15, -0.1) is 0 Å². The average Bonchev–Trinajstić information content (AvgIpc) is 1.95. The summed E-state index contributed by atoms with van der Waals surface area (Å²) in [5.74, 6) is -0.142. The topological polar surface area (TPSA) is 52.6 Å². The van der Waals surface area contributed by atoms with Crippen molar-refractivity contribution in [2.75, 3.05) is 0 Å². The van der Waals surface area contributed by atoms with Crippen molar-refractivity contribution in [3.63, 3.8) is 0 Å². The lowest BCUT2D eigenvalue weighted by Gasteiger charge is -1.99. The fourth-order valence-corrected chi connectivity index (χ4v) is 0.955. The highest BCUT2D eigenvalue weighted by molar-refractivity contribution is 14.1. The maximum atomic E-state index is 12.4. The molecule has 0 unspecified atom stereocenters. The van der Waals surface area contributed by atoms with Gasteiger partial charge in [-0.05, 0) is 28.7 Å². The molecule has 0 spiro atoms. The second kappa shape index (κ2) is 3.22. The predicted octanol–water partition coefficient (Wildman–Crippen LogP) is 0.518. The number of aromatic nitrogens is 1. The molecule has 1 aromatic rings. The molecule has 0 aliphatic rings. The van der Waals surface area contributed by atoms with Gasteiger partial charge >= 0.3 is 0 Å². The molecule has 0 saturated carbocycles. The zero-order chi connectivity index (χ0) is 7.56. The highest BCUT2D eigenvalue weighted by atomic mass is 127. The zero-order valence-electron chi connectivity index (χ0n) is 4.84. The van der Waals surface area contributed by atoms with Crippen LogP contribution in [0.25, 0.3) is 0 Å². The number of nitrogens with zero attached hydrogens (tertiary/aromatic N) is 1. The molecule has 1 rings (SSSR count). The lowest BCUT2D eigenvalue weighted by atomic mass is 10.4. The summed E-state index contributed by atoms with van der Waals surface area (Å²) in [5.41, 5.74) is 0.585. The van der Waals surface area contributed by atoms with Crippen LogP contribution in [0.2, 0.25) is 0 Å². The molecule has 0 amide bonds. The zero-order valence-corrected chi connectivity index (χ0v) is 7.00. The molecular formula is C5H4FIN2O. The van der Waals surface area contributed by atoms with Gasteiger partial charge in [0.05, 0.1) is 0 Å². The Balaban J connectivity index is 3.04. The van der Waals surface area contributed by atoms with Gasteiger partial charge in [0.2, 0.25) is 5.82 Å². The second-order valence-electron chi connectivity index (χ2n) is 1.63. The van der Waals surface area contributed by atoms with Gasteiger partial charge in [-0.25, -0.2) is 4.39 Å². The Bertz CT molecular complexity index is 243. The Morgan fingerprint density at radius 3 is 2.80 bits per heavy atom. The van der Waals surface area contributed by atoms with Crippen molar-refractivity contribution in [3.8, 4) is 0 Å². The van der Waals surface area contributed by atoms with Crippen LogP contribution in [-0.2, 0) is 0 Å². The van der Waals surface area contributed by atoms with E-state index in [0.717, 1.165) is 0 Å². The van der Waals surface area contributed by atoms with E-state index in [4.69, 9.17) is 0 Å². The standard InChI is InChI=1S/C5H4FIN2O/c6-3-1-2-4(9-10)8-5(3)7/h1-2H,9H2. The third-order valence-electron chi connectivity index (χ3n) is 0.946. The minimum absolute atomic E-state index is 0.224. The minimum atomic E-state index is -0.397. The van der Waals surface area contributed by atoms with E-state index < -0.39 is 5.82 Å². The smallest absolute Gasteiger partial charge is 0.225 e. The average molecular weight is 254 g/mol. The summed E-state index contributed by atoms with van der Waals surface area (Å²) in [6, 6.07) is 2.56. The van der Waals surface area contributed by atoms with E-state index in [-0.39, 0.29) is 9.52 Å². The molecule has 1 aromatic heterocycles. The summed E-state index contributed by atoms with van der Waals surface area (Å²) >= 11 is 1.73. The molecule has 5 heteroatoms. The third-order valence-corrected chi connectivity index (χ3v) is 1.70. The van der Waals surface area contributed by atoms with E-state index in [1.807, 2.05) is 0 Å². The monoisotopic (exact) mass is 254 g/mol. The molecule has 0 saturated heterocycles. The summed E-state index contributed by atoms with van der Waals surface area (Å²) in [7, 11) is 0. The van der Waals surface area contributed by atoms with Gasteiger partial charge in [-0.1, -0.05) is 0 Å². The molecule has 3 nitrogen and oxygen atoms in total. The Hall–Kier alpha value is -0.270. The van der Waals surface area contributed by atoms with E-state index in [1.54, 1.807) is 22.6 Å². The molecule has 0 radical (unpaired) electrons. The first-order valence-electron chi connectivity index (χ1n) is 2.51. The van der Waals surface area contributed by atoms with Crippen molar-refractivity contribution in [2.45, 2.75) is 0 Å². The summed E-state index contributed by atoms with van der Waals surface area (Å²) in [4.78, 5) is 3.63. The van der Waals surface area contributed by atoms with Crippen molar-refractivity contribution in [1.82, 2.24) is 4.98 Å². The van der Waals surface area contributed by atoms with Crippen molar-refractivity contribution < 1.29 is 9.87 Å². The Morgan fingerprint density at radius 1 is 1.60 bits per heavy atom. The molecule has 10 heavy (non-hydrogen) atoms. The largest absolute Gasteiger partial charge is 0.629 e. The first-order chi connectivity index (χ1) is 4.74. The van der Waals surface area contributed by atoms with E-state index in [0.29, 0.717) is 5.48 Å². The molecule has 0 atom stereocenters. The van der Waals surface area contributed by atoms with Crippen LogP contribution in [0.3, 0.4) is 0 Å². The van der Waals surface area contributed by atoms with E-state index >= 15 is 0 Å². The number of nitrogens with two attached hydrogens (primary N) is 1. The maximum Gasteiger partial charge on any atom is 0.225 e. The number of halogens is 2. The van der Waals surface area contributed by atoms with Crippen LogP contribution in [0, 0.1) is 14.7 Å². The third kappa shape index (κ3) is 1.61. The Kier molecular flexibility index (Phi) is 2.52. The van der Waals surface area contributed by atoms with Gasteiger partial charge in [-0.3, -0.25) is 0 Å². The minimum Gasteiger partial charge on any atom is -0.629 e. The van der Waals surface area contributed by atoms with Crippen molar-refractivity contribution in [2.24, 2.45) is 0 Å². The van der Waals surface area contributed by atoms with Gasteiger partial charge in [0.25, 0.3) is 0 Å². The van der Waals surface area contributed by atoms with E-state index in [1.165, 1.54) is 12.1 Å². The first kappa shape index (κ1) is 7.83. The van der Waals surface area contributed by atoms with Crippen LogP contribution in [0.1, 0.15) is 0 Å². The lowest BCUT2D eigenvalue weighted by molar-refractivity contribution is -0.501. The highest BCUT2D eigenvalue weighted by Gasteiger charge is 2.00. The Labute approximate surface area is 70.4 Å². The van der Waals surface area contributed by atoms with Gasteiger partial charge in [-0.2, -0.15) is 4.98 Å². The summed E-state index contributed by atoms with van der Waals surface area (Å²) in [6.45, 7) is 0. The van der Waals surface area contributed by atoms with Gasteiger partial charge in [0.15, 0.2) is 5.82 Å². The molecule has 2 N–H and O–H groups in total. The number of hydrogen-bond donors (Lipinski definition) is 1. The fraction of sp³-hybridized carbons (Fsp3) is 0. The van der Waals surface area contributed by atoms with Crippen LogP contribution in [0.4, 0.5) is 10.2 Å². The number of quaternary nitrogens is 1. The van der Waals surface area contributed by atoms with Gasteiger partial charge in [0.1, 0.15) is 3.70 Å². The molecule has 1 heterocycles. The van der Waals surface area contributed by atoms with Crippen molar-refractivity contribution in [3.05, 3.63) is 26.9 Å². The van der Waals surface area contributed by atoms with Crippen LogP contribution >= 0.6 is 22.6 Å². The molecular weight excluding hydrogens is 250 g/mol. The fourth-order valence-electron chi connectivity index (χ4n) is 0.497. The molecule has 0 aromatic carbocycles. The van der Waals surface area contributed by atoms with Crippen LogP contribution in [0.15, 0.2) is 12.1 Å². The van der Waals surface area contributed by atoms with Crippen molar-refractivity contribution >= 4 is 28.4 Å². The number of hydrogen-bond acceptors (Lipinski definition) is 2. The Morgan fingerprint density at radius 2 is 2.30 bits per heavy atom. The molecule has 0 aliphatic heterocycles. The lowest BCUT2D eigenvalue weighted by Crippen LogP contribution is -2.70. The normalized spacial score (nSPS) is 9.90. The van der Waals surface area contributed by atoms with Crippen LogP contribution < -0.4 is 5.48 Å². The quantitative estimate of drug-likeness (QED) is 0.451. The molecule has 0 aliphatic carbocycles. The highest BCUT2D eigenvalue weighted by Crippen LogP contribution is 2.07. The van der Waals surface area contributed by atoms with E-state index in [9.17, 15) is 9.60 Å². The van der Waals surface area contributed by atoms with Gasteiger partial charge < -0.3 is 10.7 Å². The van der Waals surface area contributed by atoms with Crippen LogP contribution in [0.5, 0.6) is 0 Å². The summed E-state index contributed by atoms with van der Waals surface area (Å²) in [5, 5.41) is 10.1. The predicted molar refractivity (Wildman–Crippen MR) is 41.9 cm³/mol. The summed E-state index contributed by atoms with van der Waals surface area (Å²) < 4.78 is 12.7. The SMILES string of the molecule is [O-][NH2+]c1ccc(F)c(I)n1. The second-order valence-corrected chi connectivity index (χ2v) is 2.65. The molecule has 0 fully saturated rings. The number of rotatable bonds is 1. The van der Waals surface area contributed by atoms with Crippen molar-refractivity contribution in [1.29, 1.82) is 0 Å². The maximum absolute atomic E-state index is 12.4. The van der Waals surface area contributed by atoms with Gasteiger partial charge in [0, 0.05) is 6.07 Å². The molecule has 0 bridgehead atoms. The first-order valence-corrected chi connectivity index (χ1v) is 3.59. The van der Waals surface area contributed by atoms with Crippen LogP contribution in [-0.4, -0.2) is 4.98 Å².